The Labute approximate surface area is 193 Å². The van der Waals surface area contributed by atoms with Gasteiger partial charge in [-0.1, -0.05) is 36.7 Å². The first-order valence-electron chi connectivity index (χ1n) is 10.9. The molecule has 2 aromatic carbocycles. The van der Waals surface area contributed by atoms with Crippen molar-refractivity contribution < 1.29 is 14.3 Å². The van der Waals surface area contributed by atoms with E-state index in [1.165, 1.54) is 5.56 Å². The third kappa shape index (κ3) is 4.52. The molecule has 1 aliphatic heterocycles. The van der Waals surface area contributed by atoms with Gasteiger partial charge in [0.25, 0.3) is 5.91 Å². The van der Waals surface area contributed by atoms with E-state index in [1.807, 2.05) is 43.3 Å². The highest BCUT2D eigenvalue weighted by Gasteiger charge is 2.35. The lowest BCUT2D eigenvalue weighted by Crippen LogP contribution is -2.44. The Morgan fingerprint density at radius 3 is 2.62 bits per heavy atom. The summed E-state index contributed by atoms with van der Waals surface area (Å²) in [7, 11) is 1.66. The van der Waals surface area contributed by atoms with Crippen molar-refractivity contribution in [2.45, 2.75) is 31.6 Å². The van der Waals surface area contributed by atoms with Gasteiger partial charge in [-0.25, -0.2) is 4.68 Å². The molecule has 0 saturated carbocycles. The van der Waals surface area contributed by atoms with E-state index in [0.29, 0.717) is 36.8 Å². The van der Waals surface area contributed by atoms with Crippen LogP contribution in [0.1, 0.15) is 41.4 Å². The van der Waals surface area contributed by atoms with Crippen molar-refractivity contribution in [1.82, 2.24) is 15.1 Å². The summed E-state index contributed by atoms with van der Waals surface area (Å²) in [4.78, 5) is 13.2. The van der Waals surface area contributed by atoms with Gasteiger partial charge in [0.1, 0.15) is 5.75 Å². The zero-order valence-corrected chi connectivity index (χ0v) is 19.2. The van der Waals surface area contributed by atoms with Gasteiger partial charge >= 0.3 is 0 Å². The number of carbonyl (C=O) groups is 1. The highest BCUT2D eigenvalue weighted by Crippen LogP contribution is 2.35. The number of hydrogen-bond donors (Lipinski definition) is 1. The van der Waals surface area contributed by atoms with Crippen LogP contribution in [0.4, 0.5) is 0 Å². The lowest BCUT2D eigenvalue weighted by molar-refractivity contribution is 0.0487. The summed E-state index contributed by atoms with van der Waals surface area (Å²) in [5, 5.41) is 8.29. The van der Waals surface area contributed by atoms with Crippen molar-refractivity contribution in [1.29, 1.82) is 0 Å². The Bertz CT molecular complexity index is 1070. The molecule has 32 heavy (non-hydrogen) atoms. The molecule has 3 aromatic rings. The average molecular weight is 454 g/mol. The van der Waals surface area contributed by atoms with Crippen molar-refractivity contribution in [2.24, 2.45) is 0 Å². The smallest absolute Gasteiger partial charge is 0.254 e. The Morgan fingerprint density at radius 1 is 1.22 bits per heavy atom. The number of carbonyl (C=O) groups excluding carboxylic acids is 1. The largest absolute Gasteiger partial charge is 0.497 e. The molecule has 168 valence electrons. The number of nitrogens with zero attached hydrogens (tertiary/aromatic N) is 2. The van der Waals surface area contributed by atoms with Crippen molar-refractivity contribution in [3.05, 3.63) is 76.6 Å². The number of benzene rings is 2. The van der Waals surface area contributed by atoms with Gasteiger partial charge in [0.15, 0.2) is 0 Å². The van der Waals surface area contributed by atoms with Crippen LogP contribution in [0.15, 0.2) is 54.7 Å². The molecular weight excluding hydrogens is 426 g/mol. The summed E-state index contributed by atoms with van der Waals surface area (Å²) in [6.07, 6.45) is 4.01. The topological polar surface area (TPSA) is 65.4 Å². The molecule has 1 fully saturated rings. The average Bonchev–Trinajstić information content (AvgIpc) is 3.27. The molecule has 0 aliphatic carbocycles. The second kappa shape index (κ2) is 9.76. The van der Waals surface area contributed by atoms with Gasteiger partial charge in [0.05, 0.1) is 30.3 Å². The molecule has 2 heterocycles. The Balaban J connectivity index is 1.56. The van der Waals surface area contributed by atoms with Crippen LogP contribution in [-0.4, -0.2) is 42.6 Å². The maximum absolute atomic E-state index is 13.2. The monoisotopic (exact) mass is 453 g/mol. The minimum absolute atomic E-state index is 0.116. The van der Waals surface area contributed by atoms with Crippen molar-refractivity contribution >= 4 is 17.5 Å². The molecule has 1 aliphatic rings. The van der Waals surface area contributed by atoms with Crippen LogP contribution in [0, 0.1) is 0 Å². The predicted octanol–water partition coefficient (Wildman–Crippen LogP) is 4.57. The number of aromatic nitrogens is 2. The van der Waals surface area contributed by atoms with Crippen LogP contribution in [0.3, 0.4) is 0 Å². The van der Waals surface area contributed by atoms with Gasteiger partial charge in [0.2, 0.25) is 0 Å². The van der Waals surface area contributed by atoms with Crippen LogP contribution in [0.25, 0.3) is 5.69 Å². The molecule has 0 unspecified atom stereocenters. The molecule has 4 rings (SSSR count). The van der Waals surface area contributed by atoms with Crippen LogP contribution >= 0.6 is 11.6 Å². The maximum atomic E-state index is 13.2. The van der Waals surface area contributed by atoms with Crippen molar-refractivity contribution in [3.63, 3.8) is 0 Å². The van der Waals surface area contributed by atoms with E-state index in [2.05, 4.69) is 22.5 Å². The molecular formula is C25H28ClN3O3. The van der Waals surface area contributed by atoms with Gasteiger partial charge in [-0.15, -0.1) is 0 Å². The summed E-state index contributed by atoms with van der Waals surface area (Å²) < 4.78 is 12.7. The molecule has 7 heteroatoms. The van der Waals surface area contributed by atoms with Crippen LogP contribution in [0.2, 0.25) is 5.02 Å². The third-order valence-electron chi connectivity index (χ3n) is 6.24. The summed E-state index contributed by atoms with van der Waals surface area (Å²) in [6, 6.07) is 15.6. The molecule has 1 N–H and O–H groups in total. The Kier molecular flexibility index (Phi) is 6.82. The number of ether oxygens (including phenoxy) is 2. The van der Waals surface area contributed by atoms with E-state index < -0.39 is 0 Å². The van der Waals surface area contributed by atoms with Crippen molar-refractivity contribution in [2.75, 3.05) is 26.9 Å². The van der Waals surface area contributed by atoms with Gasteiger partial charge in [0, 0.05) is 30.2 Å². The minimum Gasteiger partial charge on any atom is -0.497 e. The van der Waals surface area contributed by atoms with Crippen LogP contribution < -0.4 is 10.1 Å². The summed E-state index contributed by atoms with van der Waals surface area (Å²) in [6.45, 7) is 3.91. The molecule has 6 nitrogen and oxygen atoms in total. The molecule has 0 atom stereocenters. The SMILES string of the molecule is CCc1c(C(=O)NCC2(c3ccc(OC)cc3)CCOCC2)cnn1-c1cccc(Cl)c1. The van der Waals surface area contributed by atoms with E-state index in [1.54, 1.807) is 18.0 Å². The number of methoxy groups -OCH3 is 1. The fraction of sp³-hybridized carbons (Fsp3) is 0.360. The maximum Gasteiger partial charge on any atom is 0.254 e. The predicted molar refractivity (Wildman–Crippen MR) is 125 cm³/mol. The molecule has 1 aromatic heterocycles. The summed E-state index contributed by atoms with van der Waals surface area (Å²) >= 11 is 6.15. The standard InChI is InChI=1S/C25H28ClN3O3/c1-3-23-22(16-28-29(23)20-6-4-5-19(26)15-20)24(30)27-17-25(11-13-32-14-12-25)18-7-9-21(31-2)10-8-18/h4-10,15-16H,3,11-14,17H2,1-2H3,(H,27,30). The summed E-state index contributed by atoms with van der Waals surface area (Å²) in [5.74, 6) is 0.704. The van der Waals surface area contributed by atoms with Crippen LogP contribution in [0.5, 0.6) is 5.75 Å². The Hall–Kier alpha value is -2.83. The van der Waals surface area contributed by atoms with Crippen LogP contribution in [-0.2, 0) is 16.6 Å². The van der Waals surface area contributed by atoms with E-state index in [-0.39, 0.29) is 11.3 Å². The second-order valence-electron chi connectivity index (χ2n) is 8.05. The van der Waals surface area contributed by atoms with Crippen molar-refractivity contribution in [3.8, 4) is 11.4 Å². The number of nitrogens with one attached hydrogen (secondary N) is 1. The quantitative estimate of drug-likeness (QED) is 0.569. The van der Waals surface area contributed by atoms with Gasteiger partial charge < -0.3 is 14.8 Å². The zero-order valence-electron chi connectivity index (χ0n) is 18.4. The highest BCUT2D eigenvalue weighted by molar-refractivity contribution is 6.30. The normalized spacial score (nSPS) is 15.3. The fourth-order valence-corrected chi connectivity index (χ4v) is 4.54. The molecule has 0 radical (unpaired) electrons. The highest BCUT2D eigenvalue weighted by atomic mass is 35.5. The molecule has 1 amide bonds. The molecule has 1 saturated heterocycles. The first-order chi connectivity index (χ1) is 15.6. The second-order valence-corrected chi connectivity index (χ2v) is 8.49. The van der Waals surface area contributed by atoms with Gasteiger partial charge in [-0.2, -0.15) is 5.10 Å². The van der Waals surface area contributed by atoms with E-state index in [4.69, 9.17) is 21.1 Å². The number of amides is 1. The zero-order chi connectivity index (χ0) is 22.6. The Morgan fingerprint density at radius 2 is 1.97 bits per heavy atom. The van der Waals surface area contributed by atoms with Gasteiger partial charge in [-0.05, 0) is 55.2 Å². The van der Waals surface area contributed by atoms with E-state index in [0.717, 1.165) is 30.0 Å². The van der Waals surface area contributed by atoms with Gasteiger partial charge in [-0.3, -0.25) is 4.79 Å². The number of hydrogen-bond acceptors (Lipinski definition) is 4. The lowest BCUT2D eigenvalue weighted by Gasteiger charge is -2.38. The number of rotatable bonds is 7. The third-order valence-corrected chi connectivity index (χ3v) is 6.48. The fourth-order valence-electron chi connectivity index (χ4n) is 4.35. The first-order valence-corrected chi connectivity index (χ1v) is 11.3. The molecule has 0 spiro atoms. The number of halogens is 1. The lowest BCUT2D eigenvalue weighted by atomic mass is 9.74. The first kappa shape index (κ1) is 22.4. The minimum atomic E-state index is -0.171. The van der Waals surface area contributed by atoms with E-state index >= 15 is 0 Å². The summed E-state index contributed by atoms with van der Waals surface area (Å²) in [5.41, 5.74) is 3.30. The molecule has 0 bridgehead atoms. The van der Waals surface area contributed by atoms with E-state index in [9.17, 15) is 4.79 Å².